The third-order valence-corrected chi connectivity index (χ3v) is 2.50. The number of hydrogen-bond acceptors (Lipinski definition) is 2. The Bertz CT molecular complexity index is 520. The molecule has 0 heterocycles. The molecule has 0 aliphatic rings. The van der Waals surface area contributed by atoms with E-state index in [-0.39, 0.29) is 0 Å². The van der Waals surface area contributed by atoms with E-state index in [1.807, 2.05) is 30.3 Å². The summed E-state index contributed by atoms with van der Waals surface area (Å²) in [4.78, 5) is 11.3. The lowest BCUT2D eigenvalue weighted by Gasteiger charge is -2.07. The molecule has 0 amide bonds. The molecule has 0 aliphatic heterocycles. The van der Waals surface area contributed by atoms with Crippen LogP contribution in [0.2, 0.25) is 0 Å². The molecule has 2 aromatic carbocycles. The lowest BCUT2D eigenvalue weighted by atomic mass is 10.0. The standard InChI is InChI=1S/C12H9ClO2/c1-15-10-7-6-8-4-2-3-5-9(8)11(10)12(13)14/h2-7H,1H3. The van der Waals surface area contributed by atoms with Crippen LogP contribution in [0.15, 0.2) is 36.4 Å². The van der Waals surface area contributed by atoms with Gasteiger partial charge in [0.1, 0.15) is 5.75 Å². The second kappa shape index (κ2) is 3.91. The van der Waals surface area contributed by atoms with Crippen molar-refractivity contribution in [3.8, 4) is 5.75 Å². The Kier molecular flexibility index (Phi) is 2.60. The van der Waals surface area contributed by atoms with Crippen molar-refractivity contribution in [2.75, 3.05) is 7.11 Å². The van der Waals surface area contributed by atoms with Gasteiger partial charge >= 0.3 is 0 Å². The van der Waals surface area contributed by atoms with Crippen LogP contribution in [0.25, 0.3) is 10.8 Å². The highest BCUT2D eigenvalue weighted by Gasteiger charge is 2.13. The molecule has 0 spiro atoms. The highest BCUT2D eigenvalue weighted by Crippen LogP contribution is 2.28. The minimum absolute atomic E-state index is 0.428. The van der Waals surface area contributed by atoms with Gasteiger partial charge in [0.15, 0.2) is 0 Å². The Labute approximate surface area is 92.4 Å². The first-order valence-corrected chi connectivity index (χ1v) is 4.87. The van der Waals surface area contributed by atoms with Gasteiger partial charge in [0, 0.05) is 0 Å². The molecule has 76 valence electrons. The predicted molar refractivity (Wildman–Crippen MR) is 60.7 cm³/mol. The molecule has 2 nitrogen and oxygen atoms in total. The van der Waals surface area contributed by atoms with E-state index in [2.05, 4.69) is 0 Å². The van der Waals surface area contributed by atoms with Crippen molar-refractivity contribution in [3.05, 3.63) is 42.0 Å². The van der Waals surface area contributed by atoms with Crippen molar-refractivity contribution in [3.63, 3.8) is 0 Å². The van der Waals surface area contributed by atoms with E-state index >= 15 is 0 Å². The van der Waals surface area contributed by atoms with E-state index in [9.17, 15) is 4.79 Å². The van der Waals surface area contributed by atoms with Crippen LogP contribution in [0, 0.1) is 0 Å². The first-order valence-electron chi connectivity index (χ1n) is 4.49. The van der Waals surface area contributed by atoms with Gasteiger partial charge < -0.3 is 4.74 Å². The maximum atomic E-state index is 11.3. The van der Waals surface area contributed by atoms with Crippen molar-refractivity contribution in [1.29, 1.82) is 0 Å². The van der Waals surface area contributed by atoms with Crippen LogP contribution >= 0.6 is 11.6 Å². The number of hydrogen-bond donors (Lipinski definition) is 0. The van der Waals surface area contributed by atoms with Crippen LogP contribution < -0.4 is 4.74 Å². The highest BCUT2D eigenvalue weighted by molar-refractivity contribution is 6.69. The number of rotatable bonds is 2. The van der Waals surface area contributed by atoms with Crippen LogP contribution in [-0.4, -0.2) is 12.4 Å². The maximum absolute atomic E-state index is 11.3. The summed E-state index contributed by atoms with van der Waals surface area (Å²) in [5.41, 5.74) is 0.428. The fourth-order valence-electron chi connectivity index (χ4n) is 1.62. The second-order valence-corrected chi connectivity index (χ2v) is 3.48. The molecule has 2 rings (SSSR count). The van der Waals surface area contributed by atoms with Crippen LogP contribution in [0.5, 0.6) is 5.75 Å². The van der Waals surface area contributed by atoms with E-state index in [0.29, 0.717) is 11.3 Å². The molecule has 0 N–H and O–H groups in total. The van der Waals surface area contributed by atoms with Crippen LogP contribution in [-0.2, 0) is 0 Å². The van der Waals surface area contributed by atoms with Crippen molar-refractivity contribution in [2.24, 2.45) is 0 Å². The zero-order valence-corrected chi connectivity index (χ0v) is 8.91. The molecule has 0 saturated heterocycles. The normalized spacial score (nSPS) is 10.3. The molecule has 0 bridgehead atoms. The van der Waals surface area contributed by atoms with Gasteiger partial charge in [0.05, 0.1) is 12.7 Å². The monoisotopic (exact) mass is 220 g/mol. The molecule has 0 aliphatic carbocycles. The summed E-state index contributed by atoms with van der Waals surface area (Å²) in [6.07, 6.45) is 0. The summed E-state index contributed by atoms with van der Waals surface area (Å²) in [5.74, 6) is 0.508. The largest absolute Gasteiger partial charge is 0.496 e. The highest BCUT2D eigenvalue weighted by atomic mass is 35.5. The topological polar surface area (TPSA) is 26.3 Å². The van der Waals surface area contributed by atoms with Crippen molar-refractivity contribution < 1.29 is 9.53 Å². The van der Waals surface area contributed by atoms with Gasteiger partial charge in [-0.25, -0.2) is 0 Å². The summed E-state index contributed by atoms with van der Waals surface area (Å²) in [7, 11) is 1.52. The zero-order valence-electron chi connectivity index (χ0n) is 8.16. The smallest absolute Gasteiger partial charge is 0.256 e. The van der Waals surface area contributed by atoms with E-state index in [1.165, 1.54) is 7.11 Å². The van der Waals surface area contributed by atoms with Gasteiger partial charge in [-0.1, -0.05) is 30.3 Å². The number of carbonyl (C=O) groups is 1. The van der Waals surface area contributed by atoms with Gasteiger partial charge in [0.25, 0.3) is 5.24 Å². The molecule has 0 radical (unpaired) electrons. The fourth-order valence-corrected chi connectivity index (χ4v) is 1.82. The average molecular weight is 221 g/mol. The summed E-state index contributed by atoms with van der Waals surface area (Å²) in [5, 5.41) is 1.29. The summed E-state index contributed by atoms with van der Waals surface area (Å²) < 4.78 is 5.11. The van der Waals surface area contributed by atoms with Gasteiger partial charge in [0.2, 0.25) is 0 Å². The summed E-state index contributed by atoms with van der Waals surface area (Å²) in [6.45, 7) is 0. The fraction of sp³-hybridized carbons (Fsp3) is 0.0833. The molecule has 0 fully saturated rings. The van der Waals surface area contributed by atoms with E-state index in [0.717, 1.165) is 10.8 Å². The first kappa shape index (κ1) is 9.99. The minimum atomic E-state index is -0.497. The Hall–Kier alpha value is -1.54. The Balaban J connectivity index is 2.85. The average Bonchev–Trinajstić information content (AvgIpc) is 2.27. The lowest BCUT2D eigenvalue weighted by Crippen LogP contribution is -1.96. The maximum Gasteiger partial charge on any atom is 0.256 e. The summed E-state index contributed by atoms with van der Waals surface area (Å²) in [6, 6.07) is 11.2. The lowest BCUT2D eigenvalue weighted by molar-refractivity contribution is 0.108. The number of ether oxygens (including phenoxy) is 1. The second-order valence-electron chi connectivity index (χ2n) is 3.14. The third kappa shape index (κ3) is 1.68. The molecule has 3 heteroatoms. The van der Waals surface area contributed by atoms with E-state index in [4.69, 9.17) is 16.3 Å². The SMILES string of the molecule is COc1ccc2ccccc2c1C(=O)Cl. The van der Waals surface area contributed by atoms with Crippen molar-refractivity contribution >= 4 is 27.6 Å². The number of carbonyl (C=O) groups excluding carboxylic acids is 1. The van der Waals surface area contributed by atoms with Gasteiger partial charge in [-0.2, -0.15) is 0 Å². The zero-order chi connectivity index (χ0) is 10.8. The van der Waals surface area contributed by atoms with Crippen LogP contribution in [0.3, 0.4) is 0 Å². The first-order chi connectivity index (χ1) is 7.24. The van der Waals surface area contributed by atoms with Crippen LogP contribution in [0.1, 0.15) is 10.4 Å². The molecule has 0 atom stereocenters. The van der Waals surface area contributed by atoms with Gasteiger partial charge in [-0.15, -0.1) is 0 Å². The van der Waals surface area contributed by atoms with Crippen LogP contribution in [0.4, 0.5) is 0 Å². The number of benzene rings is 2. The molecular formula is C12H9ClO2. The Morgan fingerprint density at radius 3 is 2.60 bits per heavy atom. The molecule has 2 aromatic rings. The van der Waals surface area contributed by atoms with Gasteiger partial charge in [-0.3, -0.25) is 4.79 Å². The van der Waals surface area contributed by atoms with E-state index < -0.39 is 5.24 Å². The molecule has 0 saturated carbocycles. The van der Waals surface area contributed by atoms with Crippen molar-refractivity contribution in [2.45, 2.75) is 0 Å². The molecule has 0 aromatic heterocycles. The Morgan fingerprint density at radius 2 is 1.93 bits per heavy atom. The van der Waals surface area contributed by atoms with E-state index in [1.54, 1.807) is 6.07 Å². The molecule has 0 unspecified atom stereocenters. The molecule has 15 heavy (non-hydrogen) atoms. The molecular weight excluding hydrogens is 212 g/mol. The predicted octanol–water partition coefficient (Wildman–Crippen LogP) is 3.23. The van der Waals surface area contributed by atoms with Crippen molar-refractivity contribution in [1.82, 2.24) is 0 Å². The quantitative estimate of drug-likeness (QED) is 0.727. The summed E-state index contributed by atoms with van der Waals surface area (Å²) >= 11 is 5.55. The Morgan fingerprint density at radius 1 is 1.20 bits per heavy atom. The third-order valence-electron chi connectivity index (χ3n) is 2.31. The number of fused-ring (bicyclic) bond motifs is 1. The minimum Gasteiger partial charge on any atom is -0.496 e. The number of methoxy groups -OCH3 is 1. The number of halogens is 1. The van der Waals surface area contributed by atoms with Gasteiger partial charge in [-0.05, 0) is 28.4 Å².